The van der Waals surface area contributed by atoms with E-state index in [1.165, 1.54) is 17.4 Å². The zero-order chi connectivity index (χ0) is 16.9. The van der Waals surface area contributed by atoms with Gasteiger partial charge in [0.2, 0.25) is 0 Å². The molecule has 8 heteroatoms. The average molecular weight is 409 g/mol. The molecule has 124 valence electrons. The van der Waals surface area contributed by atoms with Crippen LogP contribution in [0.3, 0.4) is 0 Å². The lowest BCUT2D eigenvalue weighted by Gasteiger charge is -2.18. The molecule has 0 saturated carbocycles. The van der Waals surface area contributed by atoms with Crippen LogP contribution in [0.1, 0.15) is 15.2 Å². The highest BCUT2D eigenvalue weighted by atomic mass is 79.9. The molecule has 2 amide bonds. The van der Waals surface area contributed by atoms with Crippen molar-refractivity contribution in [1.82, 2.24) is 10.9 Å². The molecule has 0 radical (unpaired) electrons. The second-order valence-electron chi connectivity index (χ2n) is 4.78. The minimum atomic E-state index is -0.437. The van der Waals surface area contributed by atoms with Crippen LogP contribution in [-0.4, -0.2) is 25.0 Å². The number of fused-ring (bicyclic) bond motifs is 1. The van der Waals surface area contributed by atoms with Crippen molar-refractivity contribution in [3.8, 4) is 11.5 Å². The number of benzene rings is 1. The quantitative estimate of drug-likeness (QED) is 0.604. The number of thiophene rings is 1. The Bertz CT molecular complexity index is 803. The topological polar surface area (TPSA) is 76.7 Å². The van der Waals surface area contributed by atoms with Crippen molar-refractivity contribution >= 4 is 45.2 Å². The first-order chi connectivity index (χ1) is 11.6. The van der Waals surface area contributed by atoms with Gasteiger partial charge in [-0.05, 0) is 52.3 Å². The van der Waals surface area contributed by atoms with Crippen molar-refractivity contribution < 1.29 is 19.1 Å². The molecule has 2 heterocycles. The molecule has 1 aliphatic heterocycles. The molecule has 2 N–H and O–H groups in total. The monoisotopic (exact) mass is 408 g/mol. The van der Waals surface area contributed by atoms with E-state index in [0.29, 0.717) is 30.3 Å². The van der Waals surface area contributed by atoms with E-state index in [0.717, 1.165) is 8.66 Å². The smallest absolute Gasteiger partial charge is 0.269 e. The lowest BCUT2D eigenvalue weighted by molar-refractivity contribution is -0.117. The molecule has 3 rings (SSSR count). The number of rotatable bonds is 3. The molecule has 0 unspecified atom stereocenters. The van der Waals surface area contributed by atoms with E-state index in [1.807, 2.05) is 12.1 Å². The highest BCUT2D eigenvalue weighted by Gasteiger charge is 2.15. The lowest BCUT2D eigenvalue weighted by atomic mass is 10.2. The summed E-state index contributed by atoms with van der Waals surface area (Å²) in [7, 11) is 0. The van der Waals surface area contributed by atoms with Crippen LogP contribution in [0.2, 0.25) is 0 Å². The molecule has 1 aromatic heterocycles. The van der Waals surface area contributed by atoms with Gasteiger partial charge in [-0.2, -0.15) is 0 Å². The van der Waals surface area contributed by atoms with Gasteiger partial charge in [0.1, 0.15) is 13.2 Å². The van der Waals surface area contributed by atoms with E-state index in [9.17, 15) is 9.59 Å². The maximum atomic E-state index is 12.1. The van der Waals surface area contributed by atoms with Gasteiger partial charge in [-0.15, -0.1) is 11.3 Å². The molecule has 0 spiro atoms. The van der Waals surface area contributed by atoms with E-state index in [4.69, 9.17) is 9.47 Å². The maximum absolute atomic E-state index is 12.1. The summed E-state index contributed by atoms with van der Waals surface area (Å²) >= 11 is 4.85. The lowest BCUT2D eigenvalue weighted by Crippen LogP contribution is -2.40. The fourth-order valence-corrected chi connectivity index (χ4v) is 3.32. The van der Waals surface area contributed by atoms with Gasteiger partial charge in [-0.1, -0.05) is 0 Å². The predicted molar refractivity (Wildman–Crippen MR) is 94.1 cm³/mol. The number of carbonyl (C=O) groups excluding carboxylic acids is 2. The third kappa shape index (κ3) is 4.15. The van der Waals surface area contributed by atoms with E-state index in [1.54, 1.807) is 24.3 Å². The normalized spacial score (nSPS) is 12.9. The summed E-state index contributed by atoms with van der Waals surface area (Å²) in [6, 6.07) is 8.63. The number of hydrogen-bond donors (Lipinski definition) is 2. The van der Waals surface area contributed by atoms with Crippen molar-refractivity contribution in [2.24, 2.45) is 0 Å². The second kappa shape index (κ2) is 7.50. The van der Waals surface area contributed by atoms with Crippen LogP contribution in [0.4, 0.5) is 0 Å². The molecule has 0 bridgehead atoms. The second-order valence-corrected chi connectivity index (χ2v) is 7.27. The standard InChI is InChI=1S/C16H13BrN2O4S/c17-14-5-2-11(24-14)3-6-15(20)18-19-16(21)10-1-4-12-13(9-10)23-8-7-22-12/h1-6,9H,7-8H2,(H,18,20)(H,19,21)/b6-3+. The van der Waals surface area contributed by atoms with Crippen molar-refractivity contribution in [1.29, 1.82) is 0 Å². The summed E-state index contributed by atoms with van der Waals surface area (Å²) in [6.07, 6.45) is 3.02. The Morgan fingerprint density at radius 1 is 1.08 bits per heavy atom. The predicted octanol–water partition coefficient (Wildman–Crippen LogP) is 2.76. The molecule has 0 atom stereocenters. The van der Waals surface area contributed by atoms with Crippen LogP contribution in [0.5, 0.6) is 11.5 Å². The highest BCUT2D eigenvalue weighted by molar-refractivity contribution is 9.11. The van der Waals surface area contributed by atoms with Gasteiger partial charge >= 0.3 is 0 Å². The first-order valence-electron chi connectivity index (χ1n) is 7.05. The van der Waals surface area contributed by atoms with E-state index in [2.05, 4.69) is 26.8 Å². The molecular formula is C16H13BrN2O4S. The Kier molecular flexibility index (Phi) is 5.17. The van der Waals surface area contributed by atoms with Gasteiger partial charge in [0.15, 0.2) is 11.5 Å². The van der Waals surface area contributed by atoms with Crippen molar-refractivity contribution in [2.45, 2.75) is 0 Å². The Hall–Kier alpha value is -2.32. The summed E-state index contributed by atoms with van der Waals surface area (Å²) < 4.78 is 11.8. The fraction of sp³-hybridized carbons (Fsp3) is 0.125. The van der Waals surface area contributed by atoms with Crippen molar-refractivity contribution in [3.63, 3.8) is 0 Å². The number of amides is 2. The Morgan fingerprint density at radius 2 is 1.88 bits per heavy atom. The van der Waals surface area contributed by atoms with E-state index < -0.39 is 11.8 Å². The van der Waals surface area contributed by atoms with Gasteiger partial charge in [0.05, 0.1) is 3.79 Å². The number of ether oxygens (including phenoxy) is 2. The highest BCUT2D eigenvalue weighted by Crippen LogP contribution is 2.30. The third-order valence-electron chi connectivity index (χ3n) is 3.10. The Labute approximate surface area is 150 Å². The molecule has 1 aromatic carbocycles. The molecule has 24 heavy (non-hydrogen) atoms. The van der Waals surface area contributed by atoms with Crippen molar-refractivity contribution in [2.75, 3.05) is 13.2 Å². The van der Waals surface area contributed by atoms with Gasteiger partial charge in [0, 0.05) is 16.5 Å². The Morgan fingerprint density at radius 3 is 2.62 bits per heavy atom. The first kappa shape index (κ1) is 16.5. The maximum Gasteiger partial charge on any atom is 0.269 e. The van der Waals surface area contributed by atoms with Crippen LogP contribution in [0.15, 0.2) is 40.2 Å². The first-order valence-corrected chi connectivity index (χ1v) is 8.66. The summed E-state index contributed by atoms with van der Waals surface area (Å²) in [5.41, 5.74) is 5.06. The molecule has 6 nitrogen and oxygen atoms in total. The van der Waals surface area contributed by atoms with Crippen LogP contribution in [0, 0.1) is 0 Å². The van der Waals surface area contributed by atoms with Gasteiger partial charge in [-0.25, -0.2) is 0 Å². The number of halogens is 1. The fourth-order valence-electron chi connectivity index (χ4n) is 1.99. The molecular weight excluding hydrogens is 396 g/mol. The van der Waals surface area contributed by atoms with E-state index >= 15 is 0 Å². The summed E-state index contributed by atoms with van der Waals surface area (Å²) in [5, 5.41) is 0. The zero-order valence-corrected chi connectivity index (χ0v) is 14.8. The van der Waals surface area contributed by atoms with Crippen LogP contribution < -0.4 is 20.3 Å². The van der Waals surface area contributed by atoms with Gasteiger partial charge in [0.25, 0.3) is 11.8 Å². The van der Waals surface area contributed by atoms with Crippen LogP contribution >= 0.6 is 27.3 Å². The molecule has 2 aromatic rings. The number of hydrogen-bond acceptors (Lipinski definition) is 5. The molecule has 0 saturated heterocycles. The average Bonchev–Trinajstić information content (AvgIpc) is 3.02. The number of nitrogens with one attached hydrogen (secondary N) is 2. The number of hydrazine groups is 1. The minimum absolute atomic E-state index is 0.366. The molecule has 1 aliphatic rings. The minimum Gasteiger partial charge on any atom is -0.486 e. The Balaban J connectivity index is 1.55. The van der Waals surface area contributed by atoms with Gasteiger partial charge < -0.3 is 9.47 Å². The molecule has 0 fully saturated rings. The van der Waals surface area contributed by atoms with Crippen molar-refractivity contribution in [3.05, 3.63) is 50.6 Å². The van der Waals surface area contributed by atoms with E-state index in [-0.39, 0.29) is 0 Å². The number of carbonyl (C=O) groups is 2. The summed E-state index contributed by atoms with van der Waals surface area (Å²) in [5.74, 6) is 0.258. The van der Waals surface area contributed by atoms with Crippen LogP contribution in [0.25, 0.3) is 6.08 Å². The van der Waals surface area contributed by atoms with Crippen LogP contribution in [-0.2, 0) is 4.79 Å². The largest absolute Gasteiger partial charge is 0.486 e. The van der Waals surface area contributed by atoms with Gasteiger partial charge in [-0.3, -0.25) is 20.4 Å². The SMILES string of the molecule is O=C(/C=C/c1ccc(Br)s1)NNC(=O)c1ccc2c(c1)OCCO2. The summed E-state index contributed by atoms with van der Waals surface area (Å²) in [4.78, 5) is 24.7. The zero-order valence-electron chi connectivity index (χ0n) is 12.4. The summed E-state index contributed by atoms with van der Waals surface area (Å²) in [6.45, 7) is 0.931. The molecule has 0 aliphatic carbocycles. The third-order valence-corrected chi connectivity index (χ3v) is 4.69.